The first-order valence-corrected chi connectivity index (χ1v) is 8.07. The molecule has 0 bridgehead atoms. The summed E-state index contributed by atoms with van der Waals surface area (Å²) in [4.78, 5) is 25.9. The lowest BCUT2D eigenvalue weighted by Crippen LogP contribution is -2.32. The number of rotatable bonds is 4. The number of aromatic nitrogens is 4. The van der Waals surface area contributed by atoms with Crippen molar-refractivity contribution in [1.82, 2.24) is 20.2 Å². The lowest BCUT2D eigenvalue weighted by molar-refractivity contribution is -0.136. The molecule has 0 radical (unpaired) electrons. The number of carbonyl (C=O) groups excluding carboxylic acids is 2. The van der Waals surface area contributed by atoms with Gasteiger partial charge in [-0.2, -0.15) is 4.68 Å². The molecular weight excluding hydrogens is 346 g/mol. The number of furan rings is 1. The third kappa shape index (κ3) is 2.43. The minimum Gasteiger partial charge on any atom is -0.467 e. The van der Waals surface area contributed by atoms with E-state index in [9.17, 15) is 9.59 Å². The van der Waals surface area contributed by atoms with Crippen LogP contribution in [-0.4, -0.2) is 39.1 Å². The van der Waals surface area contributed by atoms with E-state index in [0.717, 1.165) is 0 Å². The first-order chi connectivity index (χ1) is 12.2. The molecule has 25 heavy (non-hydrogen) atoms. The number of hydrogen-bond acceptors (Lipinski definition) is 9. The molecule has 9 nitrogen and oxygen atoms in total. The predicted molar refractivity (Wildman–Crippen MR) is 86.0 cm³/mol. The van der Waals surface area contributed by atoms with Crippen LogP contribution in [0.2, 0.25) is 0 Å². The Kier molecular flexibility index (Phi) is 3.65. The van der Waals surface area contributed by atoms with E-state index in [0.29, 0.717) is 10.6 Å². The quantitative estimate of drug-likeness (QED) is 0.554. The van der Waals surface area contributed by atoms with E-state index in [4.69, 9.17) is 9.15 Å². The SMILES string of the molecule is COC(=O)C1=C(C(=O)c2cccs2)[C@@H](c2ccco2)n2nnnc2N1. The lowest BCUT2D eigenvalue weighted by Gasteiger charge is -2.26. The van der Waals surface area contributed by atoms with Gasteiger partial charge in [-0.3, -0.25) is 4.79 Å². The first kappa shape index (κ1) is 15.3. The van der Waals surface area contributed by atoms with Crippen molar-refractivity contribution >= 4 is 29.0 Å². The smallest absolute Gasteiger partial charge is 0.355 e. The van der Waals surface area contributed by atoms with Crippen molar-refractivity contribution in [2.45, 2.75) is 6.04 Å². The molecule has 0 fully saturated rings. The van der Waals surface area contributed by atoms with Crippen molar-refractivity contribution in [3.63, 3.8) is 0 Å². The predicted octanol–water partition coefficient (Wildman–Crippen LogP) is 1.65. The number of allylic oxidation sites excluding steroid dienone is 1. The number of hydrogen-bond donors (Lipinski definition) is 1. The molecule has 0 amide bonds. The molecule has 0 saturated heterocycles. The Bertz CT molecular complexity index is 958. The van der Waals surface area contributed by atoms with Crippen molar-refractivity contribution in [2.24, 2.45) is 0 Å². The monoisotopic (exact) mass is 357 g/mol. The third-order valence-corrected chi connectivity index (χ3v) is 4.58. The van der Waals surface area contributed by atoms with E-state index in [2.05, 4.69) is 20.8 Å². The van der Waals surface area contributed by atoms with Crippen LogP contribution in [0.5, 0.6) is 0 Å². The molecule has 4 heterocycles. The Morgan fingerprint density at radius 2 is 2.24 bits per heavy atom. The largest absolute Gasteiger partial charge is 0.467 e. The van der Waals surface area contributed by atoms with Gasteiger partial charge in [0.1, 0.15) is 17.5 Å². The number of nitrogens with one attached hydrogen (secondary N) is 1. The molecule has 1 aliphatic rings. The van der Waals surface area contributed by atoms with Crippen molar-refractivity contribution in [3.05, 3.63) is 57.8 Å². The van der Waals surface area contributed by atoms with Crippen molar-refractivity contribution in [2.75, 3.05) is 12.4 Å². The number of Topliss-reactive ketones (excluding diaryl/α,β-unsaturated/α-hetero) is 1. The Hall–Kier alpha value is -3.27. The topological polar surface area (TPSA) is 112 Å². The lowest BCUT2D eigenvalue weighted by atomic mass is 9.95. The number of fused-ring (bicyclic) bond motifs is 1. The second-order valence-corrected chi connectivity index (χ2v) is 6.02. The van der Waals surface area contributed by atoms with Crippen LogP contribution in [0.3, 0.4) is 0 Å². The average molecular weight is 357 g/mol. The van der Waals surface area contributed by atoms with Gasteiger partial charge in [-0.25, -0.2) is 4.79 Å². The van der Waals surface area contributed by atoms with Crippen LogP contribution in [0.1, 0.15) is 21.5 Å². The number of ketones is 1. The normalized spacial score (nSPS) is 16.3. The third-order valence-electron chi connectivity index (χ3n) is 3.71. The minimum absolute atomic E-state index is 0.00963. The van der Waals surface area contributed by atoms with Gasteiger partial charge in [0, 0.05) is 0 Å². The van der Waals surface area contributed by atoms with Gasteiger partial charge in [-0.15, -0.1) is 11.3 Å². The first-order valence-electron chi connectivity index (χ1n) is 7.19. The Balaban J connectivity index is 1.95. The Morgan fingerprint density at radius 3 is 2.92 bits per heavy atom. The number of esters is 1. The average Bonchev–Trinajstić information content (AvgIpc) is 3.40. The van der Waals surface area contributed by atoms with Gasteiger partial charge in [-0.05, 0) is 34.0 Å². The van der Waals surface area contributed by atoms with Gasteiger partial charge in [0.05, 0.1) is 23.8 Å². The zero-order valence-corrected chi connectivity index (χ0v) is 13.7. The number of methoxy groups -OCH3 is 1. The van der Waals surface area contributed by atoms with Crippen LogP contribution in [0.15, 0.2) is 51.6 Å². The maximum absolute atomic E-state index is 13.1. The number of thiophene rings is 1. The number of carbonyl (C=O) groups is 2. The molecule has 0 aromatic carbocycles. The fraction of sp³-hybridized carbons (Fsp3) is 0.133. The number of ether oxygens (including phenoxy) is 1. The molecule has 4 rings (SSSR count). The zero-order valence-electron chi connectivity index (χ0n) is 12.9. The van der Waals surface area contributed by atoms with Crippen LogP contribution < -0.4 is 5.32 Å². The summed E-state index contributed by atoms with van der Waals surface area (Å²) >= 11 is 1.27. The highest BCUT2D eigenvalue weighted by molar-refractivity contribution is 7.12. The highest BCUT2D eigenvalue weighted by Gasteiger charge is 2.40. The highest BCUT2D eigenvalue weighted by Crippen LogP contribution is 2.37. The summed E-state index contributed by atoms with van der Waals surface area (Å²) in [5.41, 5.74) is 0.147. The van der Waals surface area contributed by atoms with Crippen LogP contribution >= 0.6 is 11.3 Å². The molecular formula is C15H11N5O4S. The summed E-state index contributed by atoms with van der Waals surface area (Å²) in [6, 6.07) is 6.04. The van der Waals surface area contributed by atoms with Gasteiger partial charge in [0.2, 0.25) is 11.7 Å². The molecule has 0 unspecified atom stereocenters. The van der Waals surface area contributed by atoms with E-state index in [1.54, 1.807) is 29.6 Å². The van der Waals surface area contributed by atoms with Crippen molar-refractivity contribution in [1.29, 1.82) is 0 Å². The molecule has 10 heteroatoms. The van der Waals surface area contributed by atoms with Gasteiger partial charge in [0.25, 0.3) is 0 Å². The second-order valence-electron chi connectivity index (χ2n) is 5.08. The molecule has 0 aliphatic carbocycles. The van der Waals surface area contributed by atoms with Crippen LogP contribution in [0.4, 0.5) is 5.95 Å². The van der Waals surface area contributed by atoms with E-state index < -0.39 is 12.0 Å². The highest BCUT2D eigenvalue weighted by atomic mass is 32.1. The fourth-order valence-corrected chi connectivity index (χ4v) is 3.32. The maximum Gasteiger partial charge on any atom is 0.355 e. The number of tetrazole rings is 1. The molecule has 126 valence electrons. The van der Waals surface area contributed by atoms with E-state index in [-0.39, 0.29) is 23.0 Å². The zero-order chi connectivity index (χ0) is 17.4. The van der Waals surface area contributed by atoms with Crippen molar-refractivity contribution in [3.8, 4) is 0 Å². The molecule has 0 saturated carbocycles. The van der Waals surface area contributed by atoms with Gasteiger partial charge >= 0.3 is 5.97 Å². The molecule has 1 N–H and O–H groups in total. The Labute approximate surface area is 144 Å². The summed E-state index contributed by atoms with van der Waals surface area (Å²) in [5.74, 6) is -0.378. The van der Waals surface area contributed by atoms with Gasteiger partial charge < -0.3 is 14.5 Å². The standard InChI is InChI=1S/C15H11N5O4S/c1-23-14(22)11-10(13(21)9-5-3-7-25-9)12(8-4-2-6-24-8)20-15(16-11)17-18-19-20/h2-7,12H,1H3,(H,16,17,19)/t12-/m1/s1. The number of nitrogens with zero attached hydrogens (tertiary/aromatic N) is 4. The summed E-state index contributed by atoms with van der Waals surface area (Å²) < 4.78 is 11.7. The summed E-state index contributed by atoms with van der Waals surface area (Å²) in [7, 11) is 1.24. The summed E-state index contributed by atoms with van der Waals surface area (Å²) in [6.45, 7) is 0. The number of anilines is 1. The molecule has 3 aromatic rings. The molecule has 1 aliphatic heterocycles. The van der Waals surface area contributed by atoms with Crippen LogP contribution in [0, 0.1) is 0 Å². The summed E-state index contributed by atoms with van der Waals surface area (Å²) in [5, 5.41) is 15.9. The second kappa shape index (κ2) is 5.98. The molecule has 1 atom stereocenters. The Morgan fingerprint density at radius 1 is 1.36 bits per heavy atom. The minimum atomic E-state index is -0.787. The van der Waals surface area contributed by atoms with Crippen molar-refractivity contribution < 1.29 is 18.7 Å². The van der Waals surface area contributed by atoms with Crippen LogP contribution in [-0.2, 0) is 9.53 Å². The van der Waals surface area contributed by atoms with Gasteiger partial charge in [-0.1, -0.05) is 11.2 Å². The summed E-state index contributed by atoms with van der Waals surface area (Å²) in [6.07, 6.45) is 1.48. The van der Waals surface area contributed by atoms with E-state index in [1.165, 1.54) is 29.4 Å². The van der Waals surface area contributed by atoms with Crippen LogP contribution in [0.25, 0.3) is 0 Å². The van der Waals surface area contributed by atoms with Gasteiger partial charge in [0.15, 0.2) is 0 Å². The maximum atomic E-state index is 13.1. The van der Waals surface area contributed by atoms with E-state index in [1.807, 2.05) is 0 Å². The van der Waals surface area contributed by atoms with E-state index >= 15 is 0 Å². The molecule has 3 aromatic heterocycles. The molecule has 0 spiro atoms. The fourth-order valence-electron chi connectivity index (χ4n) is 2.64.